The first kappa shape index (κ1) is 13.4. The summed E-state index contributed by atoms with van der Waals surface area (Å²) in [6.45, 7) is 0.215. The van der Waals surface area contributed by atoms with E-state index in [0.29, 0.717) is 18.1 Å². The minimum absolute atomic E-state index is 0.210. The molecule has 1 aromatic rings. The lowest BCUT2D eigenvalue weighted by molar-refractivity contribution is 0.0879. The summed E-state index contributed by atoms with van der Waals surface area (Å²) in [6.07, 6.45) is 4.01. The molecular formula is C15H22O3. The zero-order valence-corrected chi connectivity index (χ0v) is 10.6. The van der Waals surface area contributed by atoms with Crippen molar-refractivity contribution in [3.05, 3.63) is 29.8 Å². The molecule has 3 N–H and O–H groups in total. The molecule has 0 bridgehead atoms. The number of aliphatic hydroxyl groups excluding tert-OH is 2. The van der Waals surface area contributed by atoms with E-state index < -0.39 is 0 Å². The third kappa shape index (κ3) is 3.03. The highest BCUT2D eigenvalue weighted by Gasteiger charge is 2.31. The molecule has 18 heavy (non-hydrogen) atoms. The van der Waals surface area contributed by atoms with Crippen LogP contribution >= 0.6 is 0 Å². The molecule has 2 rings (SSSR count). The predicted octanol–water partition coefficient (Wildman–Crippen LogP) is 2.41. The number of aromatic hydroxyl groups is 1. The summed E-state index contributed by atoms with van der Waals surface area (Å²) in [4.78, 5) is 0. The van der Waals surface area contributed by atoms with E-state index in [1.807, 2.05) is 18.2 Å². The van der Waals surface area contributed by atoms with E-state index in [1.165, 1.54) is 0 Å². The number of benzene rings is 1. The van der Waals surface area contributed by atoms with Crippen LogP contribution in [0, 0.1) is 5.92 Å². The van der Waals surface area contributed by atoms with Crippen LogP contribution in [-0.2, 0) is 0 Å². The van der Waals surface area contributed by atoms with Gasteiger partial charge in [0.25, 0.3) is 0 Å². The van der Waals surface area contributed by atoms with Gasteiger partial charge in [0.2, 0.25) is 0 Å². The summed E-state index contributed by atoms with van der Waals surface area (Å²) in [7, 11) is 0. The van der Waals surface area contributed by atoms with Crippen LogP contribution in [0.2, 0.25) is 0 Å². The van der Waals surface area contributed by atoms with Gasteiger partial charge >= 0.3 is 0 Å². The molecule has 3 atom stereocenters. The van der Waals surface area contributed by atoms with Gasteiger partial charge in [-0.2, -0.15) is 0 Å². The molecule has 3 heteroatoms. The van der Waals surface area contributed by atoms with Crippen molar-refractivity contribution >= 4 is 0 Å². The van der Waals surface area contributed by atoms with Crippen LogP contribution < -0.4 is 0 Å². The Morgan fingerprint density at radius 1 is 1.17 bits per heavy atom. The van der Waals surface area contributed by atoms with Gasteiger partial charge in [-0.3, -0.25) is 0 Å². The second kappa shape index (κ2) is 6.21. The fourth-order valence-corrected chi connectivity index (χ4v) is 3.09. The van der Waals surface area contributed by atoms with Crippen LogP contribution in [0.1, 0.15) is 43.6 Å². The highest BCUT2D eigenvalue weighted by molar-refractivity contribution is 5.35. The minimum Gasteiger partial charge on any atom is -0.508 e. The largest absolute Gasteiger partial charge is 0.508 e. The molecule has 0 heterocycles. The molecule has 1 aliphatic carbocycles. The summed E-state index contributed by atoms with van der Waals surface area (Å²) in [5.74, 6) is 0.987. The summed E-state index contributed by atoms with van der Waals surface area (Å²) in [5, 5.41) is 28.8. The zero-order valence-electron chi connectivity index (χ0n) is 10.6. The predicted molar refractivity (Wildman–Crippen MR) is 70.5 cm³/mol. The van der Waals surface area contributed by atoms with Gasteiger partial charge < -0.3 is 15.3 Å². The number of hydrogen-bond donors (Lipinski definition) is 3. The molecule has 1 saturated carbocycles. The number of para-hydroxylation sites is 1. The molecule has 0 unspecified atom stereocenters. The molecule has 0 radical (unpaired) electrons. The second-order valence-electron chi connectivity index (χ2n) is 5.26. The first-order valence-corrected chi connectivity index (χ1v) is 6.79. The molecule has 0 spiro atoms. The third-order valence-corrected chi connectivity index (χ3v) is 4.03. The summed E-state index contributed by atoms with van der Waals surface area (Å²) in [5.41, 5.74) is 0.944. The second-order valence-corrected chi connectivity index (χ2v) is 5.26. The molecule has 0 saturated heterocycles. The van der Waals surface area contributed by atoms with E-state index in [9.17, 15) is 10.2 Å². The van der Waals surface area contributed by atoms with Gasteiger partial charge in [0, 0.05) is 6.61 Å². The fraction of sp³-hybridized carbons (Fsp3) is 0.600. The standard InChI is InChI=1S/C15H22O3/c16-9-3-4-11-7-8-12(17)10-14(11)13-5-1-2-6-15(13)18/h1-2,5-6,11-12,14,16-18H,3-4,7-10H2/t11-,12-,14-/m1/s1. The number of aliphatic hydroxyl groups is 2. The Morgan fingerprint density at radius 2 is 1.94 bits per heavy atom. The first-order valence-electron chi connectivity index (χ1n) is 6.79. The van der Waals surface area contributed by atoms with E-state index in [1.54, 1.807) is 6.07 Å². The lowest BCUT2D eigenvalue weighted by Gasteiger charge is -2.35. The van der Waals surface area contributed by atoms with E-state index in [-0.39, 0.29) is 18.6 Å². The van der Waals surface area contributed by atoms with Crippen molar-refractivity contribution in [1.82, 2.24) is 0 Å². The van der Waals surface area contributed by atoms with Crippen molar-refractivity contribution < 1.29 is 15.3 Å². The zero-order chi connectivity index (χ0) is 13.0. The lowest BCUT2D eigenvalue weighted by atomic mass is 9.72. The number of phenols is 1. The Balaban J connectivity index is 2.17. The van der Waals surface area contributed by atoms with Crippen molar-refractivity contribution in [1.29, 1.82) is 0 Å². The maximum atomic E-state index is 9.96. The molecule has 100 valence electrons. The van der Waals surface area contributed by atoms with Crippen LogP contribution in [0.5, 0.6) is 5.75 Å². The SMILES string of the molecule is OCCC[C@@H]1CC[C@@H](O)C[C@H]1c1ccccc1O. The number of hydrogen-bond acceptors (Lipinski definition) is 3. The van der Waals surface area contributed by atoms with Crippen molar-refractivity contribution in [2.45, 2.75) is 44.1 Å². The molecule has 1 fully saturated rings. The molecule has 0 aromatic heterocycles. The Bertz CT molecular complexity index is 376. The van der Waals surface area contributed by atoms with Crippen molar-refractivity contribution in [2.75, 3.05) is 6.61 Å². The summed E-state index contributed by atoms with van der Waals surface area (Å²) >= 11 is 0. The smallest absolute Gasteiger partial charge is 0.119 e. The van der Waals surface area contributed by atoms with Gasteiger partial charge in [0.1, 0.15) is 5.75 Å². The van der Waals surface area contributed by atoms with E-state index in [2.05, 4.69) is 0 Å². The number of rotatable bonds is 4. The van der Waals surface area contributed by atoms with Gasteiger partial charge in [-0.05, 0) is 55.6 Å². The highest BCUT2D eigenvalue weighted by atomic mass is 16.3. The maximum Gasteiger partial charge on any atom is 0.119 e. The minimum atomic E-state index is -0.264. The monoisotopic (exact) mass is 250 g/mol. The van der Waals surface area contributed by atoms with Gasteiger partial charge in [0.15, 0.2) is 0 Å². The Morgan fingerprint density at radius 3 is 2.67 bits per heavy atom. The summed E-state index contributed by atoms with van der Waals surface area (Å²) < 4.78 is 0. The van der Waals surface area contributed by atoms with Crippen LogP contribution in [0.15, 0.2) is 24.3 Å². The highest BCUT2D eigenvalue weighted by Crippen LogP contribution is 2.42. The number of phenolic OH excluding ortho intramolecular Hbond substituents is 1. The molecule has 0 amide bonds. The topological polar surface area (TPSA) is 60.7 Å². The average Bonchev–Trinajstić information content (AvgIpc) is 2.38. The van der Waals surface area contributed by atoms with Crippen molar-refractivity contribution in [3.8, 4) is 5.75 Å². The van der Waals surface area contributed by atoms with E-state index in [4.69, 9.17) is 5.11 Å². The molecule has 3 nitrogen and oxygen atoms in total. The average molecular weight is 250 g/mol. The van der Waals surface area contributed by atoms with Crippen molar-refractivity contribution in [2.24, 2.45) is 5.92 Å². The van der Waals surface area contributed by atoms with Gasteiger partial charge in [-0.1, -0.05) is 18.2 Å². The van der Waals surface area contributed by atoms with Crippen LogP contribution in [-0.4, -0.2) is 28.0 Å². The quantitative estimate of drug-likeness (QED) is 0.769. The Hall–Kier alpha value is -1.06. The summed E-state index contributed by atoms with van der Waals surface area (Å²) in [6, 6.07) is 7.41. The molecule has 0 aliphatic heterocycles. The van der Waals surface area contributed by atoms with Crippen molar-refractivity contribution in [3.63, 3.8) is 0 Å². The van der Waals surface area contributed by atoms with E-state index >= 15 is 0 Å². The lowest BCUT2D eigenvalue weighted by Crippen LogP contribution is -2.26. The molecule has 1 aliphatic rings. The van der Waals surface area contributed by atoms with E-state index in [0.717, 1.165) is 31.2 Å². The van der Waals surface area contributed by atoms with Gasteiger partial charge in [-0.25, -0.2) is 0 Å². The third-order valence-electron chi connectivity index (χ3n) is 4.03. The normalized spacial score (nSPS) is 28.2. The Kier molecular flexibility index (Phi) is 4.61. The van der Waals surface area contributed by atoms with Crippen LogP contribution in [0.4, 0.5) is 0 Å². The van der Waals surface area contributed by atoms with Crippen LogP contribution in [0.25, 0.3) is 0 Å². The maximum absolute atomic E-state index is 9.96. The Labute approximate surface area is 108 Å². The first-order chi connectivity index (χ1) is 8.72. The fourth-order valence-electron chi connectivity index (χ4n) is 3.09. The van der Waals surface area contributed by atoms with Gasteiger partial charge in [0.05, 0.1) is 6.10 Å². The molecule has 1 aromatic carbocycles. The van der Waals surface area contributed by atoms with Gasteiger partial charge in [-0.15, -0.1) is 0 Å². The van der Waals surface area contributed by atoms with Crippen LogP contribution in [0.3, 0.4) is 0 Å². The molecular weight excluding hydrogens is 228 g/mol.